The summed E-state index contributed by atoms with van der Waals surface area (Å²) in [6, 6.07) is 18.1. The highest BCUT2D eigenvalue weighted by atomic mass is 16.5. The van der Waals surface area contributed by atoms with E-state index in [4.69, 9.17) is 4.74 Å². The summed E-state index contributed by atoms with van der Waals surface area (Å²) in [6.45, 7) is 6.75. The lowest BCUT2D eigenvalue weighted by Gasteiger charge is -2.39. The number of aryl methyl sites for hydroxylation is 2. The molecule has 0 saturated heterocycles. The van der Waals surface area contributed by atoms with Crippen molar-refractivity contribution >= 4 is 10.9 Å². The van der Waals surface area contributed by atoms with Crippen molar-refractivity contribution < 1.29 is 4.74 Å². The van der Waals surface area contributed by atoms with Gasteiger partial charge in [-0.1, -0.05) is 60.2 Å². The zero-order valence-corrected chi connectivity index (χ0v) is 19.0. The van der Waals surface area contributed by atoms with Gasteiger partial charge in [-0.25, -0.2) is 4.79 Å². The SMILES string of the molecule is Cc1cccc(C2OCC(C)(C)n3c(-c4ccccc4)c4c(=O)n(C)c(=O)n(C)c4c32)c1. The molecule has 3 heterocycles. The minimum atomic E-state index is -0.416. The molecule has 5 rings (SSSR count). The van der Waals surface area contributed by atoms with Crippen molar-refractivity contribution in [3.05, 3.63) is 92.3 Å². The van der Waals surface area contributed by atoms with Crippen LogP contribution in [-0.2, 0) is 24.4 Å². The molecule has 0 saturated carbocycles. The van der Waals surface area contributed by atoms with Crippen LogP contribution in [0.5, 0.6) is 0 Å². The Labute approximate surface area is 186 Å². The van der Waals surface area contributed by atoms with Crippen LogP contribution in [0.1, 0.15) is 36.8 Å². The molecule has 2 aromatic carbocycles. The van der Waals surface area contributed by atoms with Crippen LogP contribution >= 0.6 is 0 Å². The smallest absolute Gasteiger partial charge is 0.331 e. The van der Waals surface area contributed by atoms with Gasteiger partial charge in [-0.3, -0.25) is 13.9 Å². The van der Waals surface area contributed by atoms with Gasteiger partial charge in [0.25, 0.3) is 5.56 Å². The maximum absolute atomic E-state index is 13.5. The number of aromatic nitrogens is 3. The van der Waals surface area contributed by atoms with E-state index in [0.717, 1.165) is 28.1 Å². The summed E-state index contributed by atoms with van der Waals surface area (Å²) in [4.78, 5) is 26.5. The molecule has 32 heavy (non-hydrogen) atoms. The Balaban J connectivity index is 2.02. The molecule has 4 aromatic rings. The van der Waals surface area contributed by atoms with Crippen LogP contribution in [0.4, 0.5) is 0 Å². The third-order valence-electron chi connectivity index (χ3n) is 6.46. The summed E-state index contributed by atoms with van der Waals surface area (Å²) in [7, 11) is 3.27. The first-order chi connectivity index (χ1) is 15.2. The minimum absolute atomic E-state index is 0.289. The molecule has 0 amide bonds. The minimum Gasteiger partial charge on any atom is -0.365 e. The Kier molecular flexibility index (Phi) is 4.53. The van der Waals surface area contributed by atoms with Gasteiger partial charge < -0.3 is 9.30 Å². The lowest BCUT2D eigenvalue weighted by atomic mass is 9.97. The van der Waals surface area contributed by atoms with E-state index in [2.05, 4.69) is 24.5 Å². The Morgan fingerprint density at radius 2 is 1.69 bits per heavy atom. The van der Waals surface area contributed by atoms with Gasteiger partial charge in [-0.2, -0.15) is 0 Å². The van der Waals surface area contributed by atoms with Gasteiger partial charge in [-0.15, -0.1) is 0 Å². The van der Waals surface area contributed by atoms with Crippen molar-refractivity contribution in [1.29, 1.82) is 0 Å². The Hall–Kier alpha value is -3.38. The van der Waals surface area contributed by atoms with Gasteiger partial charge in [0.05, 0.1) is 34.4 Å². The summed E-state index contributed by atoms with van der Waals surface area (Å²) >= 11 is 0. The Morgan fingerprint density at radius 1 is 0.969 bits per heavy atom. The van der Waals surface area contributed by atoms with E-state index in [1.54, 1.807) is 11.6 Å². The van der Waals surface area contributed by atoms with E-state index in [-0.39, 0.29) is 17.4 Å². The standard InChI is InChI=1S/C26H27N3O3/c1-16-10-9-13-18(14-16)23-22-21-19(24(30)28(5)25(31)27(21)4)20(17-11-7-6-8-12-17)29(22)26(2,3)15-32-23/h6-14,23H,15H2,1-5H3. The molecule has 164 valence electrons. The average Bonchev–Trinajstić information content (AvgIpc) is 3.14. The number of hydrogen-bond donors (Lipinski definition) is 0. The fourth-order valence-electron chi connectivity index (χ4n) is 4.95. The van der Waals surface area contributed by atoms with Gasteiger partial charge in [-0.05, 0) is 31.9 Å². The molecular formula is C26H27N3O3. The largest absolute Gasteiger partial charge is 0.365 e. The van der Waals surface area contributed by atoms with E-state index in [0.29, 0.717) is 17.5 Å². The summed E-state index contributed by atoms with van der Waals surface area (Å²) in [5, 5.41) is 0.548. The van der Waals surface area contributed by atoms with Gasteiger partial charge in [0.15, 0.2) is 0 Å². The Bertz CT molecular complexity index is 1470. The van der Waals surface area contributed by atoms with Crippen LogP contribution in [0.2, 0.25) is 0 Å². The molecule has 0 aliphatic carbocycles. The monoisotopic (exact) mass is 429 g/mol. The molecule has 6 heteroatoms. The van der Waals surface area contributed by atoms with Crippen LogP contribution in [0, 0.1) is 6.92 Å². The van der Waals surface area contributed by atoms with E-state index >= 15 is 0 Å². The normalized spacial score (nSPS) is 17.5. The average molecular weight is 430 g/mol. The topological polar surface area (TPSA) is 58.2 Å². The molecule has 0 radical (unpaired) electrons. The second-order valence-electron chi connectivity index (χ2n) is 9.28. The highest BCUT2D eigenvalue weighted by Gasteiger charge is 2.40. The van der Waals surface area contributed by atoms with E-state index < -0.39 is 5.54 Å². The fourth-order valence-corrected chi connectivity index (χ4v) is 4.95. The van der Waals surface area contributed by atoms with Crippen LogP contribution in [0.15, 0.2) is 64.2 Å². The van der Waals surface area contributed by atoms with E-state index in [1.807, 2.05) is 55.5 Å². The molecule has 0 fully saturated rings. The summed E-state index contributed by atoms with van der Waals surface area (Å²) in [5.74, 6) is 0. The van der Waals surface area contributed by atoms with Crippen LogP contribution in [0.25, 0.3) is 22.2 Å². The number of rotatable bonds is 2. The van der Waals surface area contributed by atoms with Gasteiger partial charge in [0.2, 0.25) is 0 Å². The first kappa shape index (κ1) is 20.5. The number of nitrogens with zero attached hydrogens (tertiary/aromatic N) is 3. The maximum atomic E-state index is 13.5. The zero-order chi connectivity index (χ0) is 22.8. The third kappa shape index (κ3) is 2.83. The molecule has 1 atom stereocenters. The molecule has 0 bridgehead atoms. The van der Waals surface area contributed by atoms with Crippen molar-refractivity contribution in [2.24, 2.45) is 14.1 Å². The fraction of sp³-hybridized carbons (Fsp3) is 0.308. The molecule has 0 N–H and O–H groups in total. The number of hydrogen-bond acceptors (Lipinski definition) is 3. The molecule has 1 aliphatic heterocycles. The highest BCUT2D eigenvalue weighted by Crippen LogP contribution is 2.45. The molecule has 1 unspecified atom stereocenters. The van der Waals surface area contributed by atoms with Gasteiger partial charge in [0.1, 0.15) is 6.10 Å². The van der Waals surface area contributed by atoms with E-state index in [9.17, 15) is 9.59 Å². The van der Waals surface area contributed by atoms with Crippen molar-refractivity contribution in [1.82, 2.24) is 13.7 Å². The van der Waals surface area contributed by atoms with Crippen molar-refractivity contribution in [3.63, 3.8) is 0 Å². The third-order valence-corrected chi connectivity index (χ3v) is 6.46. The first-order valence-corrected chi connectivity index (χ1v) is 10.8. The summed E-state index contributed by atoms with van der Waals surface area (Å²) in [5.41, 5.74) is 4.34. The summed E-state index contributed by atoms with van der Waals surface area (Å²) in [6.07, 6.45) is -0.388. The second kappa shape index (κ2) is 7.07. The lowest BCUT2D eigenvalue weighted by molar-refractivity contribution is -0.00709. The van der Waals surface area contributed by atoms with Gasteiger partial charge in [0, 0.05) is 14.1 Å². The maximum Gasteiger partial charge on any atom is 0.331 e. The zero-order valence-electron chi connectivity index (χ0n) is 19.0. The van der Waals surface area contributed by atoms with Crippen LogP contribution < -0.4 is 11.2 Å². The Morgan fingerprint density at radius 3 is 2.38 bits per heavy atom. The van der Waals surface area contributed by atoms with Crippen molar-refractivity contribution in [3.8, 4) is 11.3 Å². The molecular weight excluding hydrogens is 402 g/mol. The van der Waals surface area contributed by atoms with Crippen LogP contribution in [0.3, 0.4) is 0 Å². The predicted molar refractivity (Wildman–Crippen MR) is 126 cm³/mol. The molecule has 6 nitrogen and oxygen atoms in total. The number of benzene rings is 2. The van der Waals surface area contributed by atoms with E-state index in [1.165, 1.54) is 11.6 Å². The van der Waals surface area contributed by atoms with Crippen molar-refractivity contribution in [2.75, 3.05) is 6.61 Å². The summed E-state index contributed by atoms with van der Waals surface area (Å²) < 4.78 is 11.4. The molecule has 2 aromatic heterocycles. The second-order valence-corrected chi connectivity index (χ2v) is 9.28. The van der Waals surface area contributed by atoms with Crippen LogP contribution in [-0.4, -0.2) is 20.3 Å². The molecule has 1 aliphatic rings. The van der Waals surface area contributed by atoms with Gasteiger partial charge >= 0.3 is 5.69 Å². The predicted octanol–water partition coefficient (Wildman–Crippen LogP) is 3.87. The number of ether oxygens (including phenoxy) is 1. The lowest BCUT2D eigenvalue weighted by Crippen LogP contribution is -2.40. The highest BCUT2D eigenvalue weighted by molar-refractivity contribution is 5.96. The molecule has 0 spiro atoms. The number of fused-ring (bicyclic) bond motifs is 3. The quantitative estimate of drug-likeness (QED) is 0.486. The van der Waals surface area contributed by atoms with Crippen molar-refractivity contribution in [2.45, 2.75) is 32.4 Å². The first-order valence-electron chi connectivity index (χ1n) is 10.8.